The van der Waals surface area contributed by atoms with Crippen LogP contribution in [0.2, 0.25) is 0 Å². The predicted molar refractivity (Wildman–Crippen MR) is 99.7 cm³/mol. The van der Waals surface area contributed by atoms with Crippen molar-refractivity contribution < 1.29 is 24.2 Å². The van der Waals surface area contributed by atoms with Gasteiger partial charge in [-0.3, -0.25) is 4.79 Å². The molecule has 1 saturated carbocycles. The number of carboxylic acid groups (broad SMARTS) is 1. The van der Waals surface area contributed by atoms with E-state index < -0.39 is 5.97 Å². The first kappa shape index (κ1) is 17.4. The Morgan fingerprint density at radius 2 is 1.96 bits per heavy atom. The minimum atomic E-state index is -1.10. The van der Waals surface area contributed by atoms with Gasteiger partial charge in [-0.1, -0.05) is 24.3 Å². The van der Waals surface area contributed by atoms with Crippen molar-refractivity contribution in [2.24, 2.45) is 5.92 Å². The number of methoxy groups -OCH3 is 2. The maximum atomic E-state index is 12.9. The molecular formula is C21H21NO5. The first-order valence-corrected chi connectivity index (χ1v) is 8.88. The third kappa shape index (κ3) is 2.72. The van der Waals surface area contributed by atoms with Crippen LogP contribution in [0.25, 0.3) is 0 Å². The fourth-order valence-electron chi connectivity index (χ4n) is 4.34. The second-order valence-electron chi connectivity index (χ2n) is 7.12. The minimum absolute atomic E-state index is 0.0275. The third-order valence-electron chi connectivity index (χ3n) is 5.77. The molecule has 2 aliphatic carbocycles. The zero-order chi connectivity index (χ0) is 19.2. The number of carbonyl (C=O) groups is 2. The van der Waals surface area contributed by atoms with Gasteiger partial charge in [-0.15, -0.1) is 0 Å². The topological polar surface area (TPSA) is 84.9 Å². The van der Waals surface area contributed by atoms with Crippen molar-refractivity contribution in [1.29, 1.82) is 0 Å². The monoisotopic (exact) mass is 367 g/mol. The van der Waals surface area contributed by atoms with E-state index in [0.717, 1.165) is 19.3 Å². The molecule has 4 rings (SSSR count). The second kappa shape index (κ2) is 6.30. The second-order valence-corrected chi connectivity index (χ2v) is 7.12. The summed E-state index contributed by atoms with van der Waals surface area (Å²) < 4.78 is 10.6. The van der Waals surface area contributed by atoms with Crippen LogP contribution in [0.4, 0.5) is 5.69 Å². The van der Waals surface area contributed by atoms with Crippen LogP contribution in [0, 0.1) is 5.92 Å². The Morgan fingerprint density at radius 3 is 2.67 bits per heavy atom. The van der Waals surface area contributed by atoms with Crippen LogP contribution in [0.3, 0.4) is 0 Å². The molecule has 2 aliphatic rings. The summed E-state index contributed by atoms with van der Waals surface area (Å²) in [4.78, 5) is 24.3. The molecule has 0 radical (unpaired) electrons. The molecule has 140 valence electrons. The Labute approximate surface area is 157 Å². The van der Waals surface area contributed by atoms with E-state index in [4.69, 9.17) is 9.47 Å². The predicted octanol–water partition coefficient (Wildman–Crippen LogP) is 3.24. The van der Waals surface area contributed by atoms with Crippen LogP contribution in [0.5, 0.6) is 11.5 Å². The number of hydrogen-bond acceptors (Lipinski definition) is 4. The molecule has 0 heterocycles. The lowest BCUT2D eigenvalue weighted by Crippen LogP contribution is -2.20. The largest absolute Gasteiger partial charge is 0.493 e. The summed E-state index contributed by atoms with van der Waals surface area (Å²) in [6.07, 6.45) is 2.78. The van der Waals surface area contributed by atoms with Crippen molar-refractivity contribution in [1.82, 2.24) is 0 Å². The molecule has 2 atom stereocenters. The summed E-state index contributed by atoms with van der Waals surface area (Å²) in [5.41, 5.74) is 2.85. The highest BCUT2D eigenvalue weighted by Gasteiger charge is 2.61. The lowest BCUT2D eigenvalue weighted by Gasteiger charge is -2.16. The van der Waals surface area contributed by atoms with Crippen LogP contribution in [0.15, 0.2) is 36.4 Å². The summed E-state index contributed by atoms with van der Waals surface area (Å²) in [5.74, 6) is -0.749. The third-order valence-corrected chi connectivity index (χ3v) is 5.77. The molecule has 0 aliphatic heterocycles. The van der Waals surface area contributed by atoms with Crippen molar-refractivity contribution in [3.8, 4) is 11.5 Å². The number of carbonyl (C=O) groups excluding carboxylic acids is 1. The smallest absolute Gasteiger partial charge is 0.335 e. The van der Waals surface area contributed by atoms with Crippen molar-refractivity contribution in [3.05, 3.63) is 53.1 Å². The lowest BCUT2D eigenvalue weighted by atomic mass is 9.95. The van der Waals surface area contributed by atoms with Gasteiger partial charge in [0.1, 0.15) is 0 Å². The van der Waals surface area contributed by atoms with Gasteiger partial charge in [-0.05, 0) is 42.5 Å². The fourth-order valence-corrected chi connectivity index (χ4v) is 4.34. The summed E-state index contributed by atoms with van der Waals surface area (Å²) in [6.45, 7) is 0. The normalized spacial score (nSPS) is 22.2. The summed E-state index contributed by atoms with van der Waals surface area (Å²) >= 11 is 0. The molecular weight excluding hydrogens is 346 g/mol. The van der Waals surface area contributed by atoms with Crippen LogP contribution >= 0.6 is 0 Å². The maximum absolute atomic E-state index is 12.9. The molecule has 27 heavy (non-hydrogen) atoms. The van der Waals surface area contributed by atoms with E-state index in [1.54, 1.807) is 0 Å². The number of anilines is 1. The number of amides is 1. The van der Waals surface area contributed by atoms with Crippen LogP contribution in [0.1, 0.15) is 34.3 Å². The molecule has 0 bridgehead atoms. The highest BCUT2D eigenvalue weighted by Crippen LogP contribution is 2.61. The zero-order valence-electron chi connectivity index (χ0n) is 15.2. The van der Waals surface area contributed by atoms with E-state index >= 15 is 0 Å². The fraction of sp³-hybridized carbons (Fsp3) is 0.333. The van der Waals surface area contributed by atoms with Gasteiger partial charge in [-0.2, -0.15) is 0 Å². The Morgan fingerprint density at radius 1 is 1.19 bits per heavy atom. The maximum Gasteiger partial charge on any atom is 0.335 e. The number of carboxylic acids is 1. The molecule has 1 spiro atoms. The van der Waals surface area contributed by atoms with Crippen LogP contribution < -0.4 is 14.8 Å². The van der Waals surface area contributed by atoms with E-state index in [2.05, 4.69) is 17.4 Å². The van der Waals surface area contributed by atoms with E-state index in [1.165, 1.54) is 37.5 Å². The molecule has 1 amide bonds. The van der Waals surface area contributed by atoms with E-state index in [-0.39, 0.29) is 28.6 Å². The van der Waals surface area contributed by atoms with Gasteiger partial charge >= 0.3 is 5.97 Å². The number of aromatic carboxylic acids is 1. The average molecular weight is 367 g/mol. The standard InChI is InChI=1S/C21H21NO5/c1-26-17-10-13(20(24)25)9-16(18(17)27-2)22-19(23)15-11-21(15)8-7-12-5-3-4-6-14(12)21/h3-6,9-10,15H,7-8,11H2,1-2H3,(H,22,23)(H,24,25). The Kier molecular flexibility index (Phi) is 4.06. The minimum Gasteiger partial charge on any atom is -0.493 e. The van der Waals surface area contributed by atoms with Gasteiger partial charge in [0.2, 0.25) is 5.91 Å². The van der Waals surface area contributed by atoms with Gasteiger partial charge in [0.25, 0.3) is 0 Å². The number of ether oxygens (including phenoxy) is 2. The molecule has 6 heteroatoms. The summed E-state index contributed by atoms with van der Waals surface area (Å²) in [5, 5.41) is 12.2. The molecule has 2 N–H and O–H groups in total. The van der Waals surface area contributed by atoms with Gasteiger partial charge in [0, 0.05) is 11.3 Å². The van der Waals surface area contributed by atoms with E-state index in [1.807, 2.05) is 12.1 Å². The number of nitrogens with one attached hydrogen (secondary N) is 1. The van der Waals surface area contributed by atoms with Gasteiger partial charge in [0.05, 0.1) is 25.5 Å². The van der Waals surface area contributed by atoms with Crippen molar-refractivity contribution in [3.63, 3.8) is 0 Å². The molecule has 6 nitrogen and oxygen atoms in total. The van der Waals surface area contributed by atoms with Gasteiger partial charge in [0.15, 0.2) is 11.5 Å². The highest BCUT2D eigenvalue weighted by atomic mass is 16.5. The quantitative estimate of drug-likeness (QED) is 0.847. The molecule has 2 aromatic rings. The van der Waals surface area contributed by atoms with Gasteiger partial charge in [-0.25, -0.2) is 4.79 Å². The Balaban J connectivity index is 1.61. The van der Waals surface area contributed by atoms with Crippen LogP contribution in [-0.2, 0) is 16.6 Å². The lowest BCUT2D eigenvalue weighted by molar-refractivity contribution is -0.117. The summed E-state index contributed by atoms with van der Waals surface area (Å²) in [7, 11) is 2.89. The van der Waals surface area contributed by atoms with Crippen molar-refractivity contribution >= 4 is 17.6 Å². The number of benzene rings is 2. The van der Waals surface area contributed by atoms with Crippen molar-refractivity contribution in [2.45, 2.75) is 24.7 Å². The number of aryl methyl sites for hydroxylation is 1. The Bertz CT molecular complexity index is 938. The number of rotatable bonds is 5. The number of fused-ring (bicyclic) bond motifs is 2. The average Bonchev–Trinajstić information content (AvgIpc) is 3.30. The van der Waals surface area contributed by atoms with Crippen LogP contribution in [-0.4, -0.2) is 31.2 Å². The Hall–Kier alpha value is -3.02. The van der Waals surface area contributed by atoms with E-state index in [0.29, 0.717) is 11.4 Å². The number of hydrogen-bond donors (Lipinski definition) is 2. The molecule has 0 aromatic heterocycles. The van der Waals surface area contributed by atoms with E-state index in [9.17, 15) is 14.7 Å². The first-order chi connectivity index (χ1) is 13.0. The SMILES string of the molecule is COc1cc(C(=O)O)cc(NC(=O)C2CC23CCc2ccccc23)c1OC. The van der Waals surface area contributed by atoms with Crippen molar-refractivity contribution in [2.75, 3.05) is 19.5 Å². The molecule has 2 aromatic carbocycles. The molecule has 2 unspecified atom stereocenters. The van der Waals surface area contributed by atoms with Gasteiger partial charge < -0.3 is 19.9 Å². The summed E-state index contributed by atoms with van der Waals surface area (Å²) in [6, 6.07) is 11.1. The molecule has 0 saturated heterocycles. The first-order valence-electron chi connectivity index (χ1n) is 8.88. The molecule has 1 fully saturated rings. The zero-order valence-corrected chi connectivity index (χ0v) is 15.2. The highest BCUT2D eigenvalue weighted by molar-refractivity contribution is 6.00.